The third-order valence-electron chi connectivity index (χ3n) is 2.91. The van der Waals surface area contributed by atoms with Crippen LogP contribution in [0.15, 0.2) is 32.4 Å². The maximum absolute atomic E-state index is 11.9. The molecule has 0 saturated heterocycles. The van der Waals surface area contributed by atoms with Gasteiger partial charge in [-0.25, -0.2) is 0 Å². The molecule has 104 valence electrons. The molecule has 1 aromatic carbocycles. The standard InChI is InChI=1S/C14H9BrN4OS/c1-21-11-3-2-7(4-10(11)15)12-8(5-16)13(18)19-14(20)9(12)6-17/h2-4H,1H3,(H3,18,19,20). The lowest BCUT2D eigenvalue weighted by atomic mass is 9.97. The summed E-state index contributed by atoms with van der Waals surface area (Å²) in [6, 6.07) is 9.16. The lowest BCUT2D eigenvalue weighted by Crippen LogP contribution is -2.16. The van der Waals surface area contributed by atoms with Gasteiger partial charge >= 0.3 is 0 Å². The molecular formula is C14H9BrN4OS. The van der Waals surface area contributed by atoms with Gasteiger partial charge in [-0.05, 0) is 39.9 Å². The zero-order valence-electron chi connectivity index (χ0n) is 10.9. The second-order valence-electron chi connectivity index (χ2n) is 4.07. The number of benzene rings is 1. The van der Waals surface area contributed by atoms with Gasteiger partial charge in [-0.15, -0.1) is 11.8 Å². The maximum Gasteiger partial charge on any atom is 0.268 e. The molecule has 7 heteroatoms. The van der Waals surface area contributed by atoms with Crippen molar-refractivity contribution in [1.29, 1.82) is 10.5 Å². The van der Waals surface area contributed by atoms with Crippen LogP contribution in [0.5, 0.6) is 0 Å². The van der Waals surface area contributed by atoms with E-state index in [9.17, 15) is 15.3 Å². The first kappa shape index (κ1) is 15.2. The van der Waals surface area contributed by atoms with Crippen LogP contribution in [-0.4, -0.2) is 11.2 Å². The second kappa shape index (κ2) is 6.04. The fraction of sp³-hybridized carbons (Fsp3) is 0.0714. The van der Waals surface area contributed by atoms with Gasteiger partial charge in [0.25, 0.3) is 5.56 Å². The van der Waals surface area contributed by atoms with Gasteiger partial charge in [0.05, 0.1) is 0 Å². The number of nitrogens with two attached hydrogens (primary N) is 1. The van der Waals surface area contributed by atoms with Gasteiger partial charge in [0, 0.05) is 14.9 Å². The highest BCUT2D eigenvalue weighted by Gasteiger charge is 2.18. The lowest BCUT2D eigenvalue weighted by molar-refractivity contribution is 1.21. The van der Waals surface area contributed by atoms with Gasteiger partial charge in [-0.2, -0.15) is 10.5 Å². The monoisotopic (exact) mass is 360 g/mol. The number of aromatic nitrogens is 1. The van der Waals surface area contributed by atoms with Crippen LogP contribution >= 0.6 is 27.7 Å². The van der Waals surface area contributed by atoms with Gasteiger partial charge in [-0.3, -0.25) is 4.79 Å². The number of rotatable bonds is 2. The van der Waals surface area contributed by atoms with E-state index < -0.39 is 5.56 Å². The molecule has 0 atom stereocenters. The quantitative estimate of drug-likeness (QED) is 0.800. The van der Waals surface area contributed by atoms with Crippen LogP contribution in [0.25, 0.3) is 11.1 Å². The van der Waals surface area contributed by atoms with Crippen LogP contribution in [0.3, 0.4) is 0 Å². The highest BCUT2D eigenvalue weighted by atomic mass is 79.9. The van der Waals surface area contributed by atoms with Crippen molar-refractivity contribution in [3.8, 4) is 23.3 Å². The van der Waals surface area contributed by atoms with E-state index in [1.54, 1.807) is 23.9 Å². The van der Waals surface area contributed by atoms with Crippen molar-refractivity contribution in [2.75, 3.05) is 12.0 Å². The summed E-state index contributed by atoms with van der Waals surface area (Å²) in [5, 5.41) is 18.5. The van der Waals surface area contributed by atoms with Gasteiger partial charge in [0.15, 0.2) is 0 Å². The molecule has 0 bridgehead atoms. The number of pyridine rings is 1. The Hall–Kier alpha value is -2.22. The fourth-order valence-electron chi connectivity index (χ4n) is 1.95. The van der Waals surface area contributed by atoms with E-state index in [0.29, 0.717) is 5.56 Å². The number of nitrogens with zero attached hydrogens (tertiary/aromatic N) is 2. The van der Waals surface area contributed by atoms with Crippen molar-refractivity contribution >= 4 is 33.5 Å². The Balaban J connectivity index is 2.86. The summed E-state index contributed by atoms with van der Waals surface area (Å²) in [6.07, 6.45) is 1.94. The van der Waals surface area contributed by atoms with E-state index in [1.165, 1.54) is 0 Å². The van der Waals surface area contributed by atoms with Crippen molar-refractivity contribution < 1.29 is 0 Å². The summed E-state index contributed by atoms with van der Waals surface area (Å²) in [6.45, 7) is 0. The highest BCUT2D eigenvalue weighted by Crippen LogP contribution is 2.33. The number of thioether (sulfide) groups is 1. The number of nitriles is 2. The Labute approximate surface area is 133 Å². The Kier molecular flexibility index (Phi) is 4.37. The topological polar surface area (TPSA) is 106 Å². The van der Waals surface area contributed by atoms with Crippen molar-refractivity contribution in [3.63, 3.8) is 0 Å². The molecule has 0 radical (unpaired) electrons. The normalized spacial score (nSPS) is 9.90. The Morgan fingerprint density at radius 1 is 1.29 bits per heavy atom. The summed E-state index contributed by atoms with van der Waals surface area (Å²) in [5.74, 6) is -0.0402. The third-order valence-corrected chi connectivity index (χ3v) is 4.62. The molecule has 1 aromatic heterocycles. The van der Waals surface area contributed by atoms with Crippen LogP contribution in [0.1, 0.15) is 11.1 Å². The van der Waals surface area contributed by atoms with Crippen molar-refractivity contribution in [2.45, 2.75) is 4.90 Å². The molecule has 2 aromatic rings. The fourth-order valence-corrected chi connectivity index (χ4v) is 3.28. The van der Waals surface area contributed by atoms with E-state index in [0.717, 1.165) is 9.37 Å². The van der Waals surface area contributed by atoms with Crippen molar-refractivity contribution in [1.82, 2.24) is 4.98 Å². The minimum Gasteiger partial charge on any atom is -0.384 e. The molecule has 1 heterocycles. The smallest absolute Gasteiger partial charge is 0.268 e. The van der Waals surface area contributed by atoms with E-state index in [4.69, 9.17) is 5.73 Å². The van der Waals surface area contributed by atoms with Crippen molar-refractivity contribution in [3.05, 3.63) is 44.2 Å². The average molecular weight is 361 g/mol. The van der Waals surface area contributed by atoms with E-state index in [1.807, 2.05) is 24.5 Å². The molecule has 5 nitrogen and oxygen atoms in total. The molecule has 0 unspecified atom stereocenters. The SMILES string of the molecule is CSc1ccc(-c2c(C#N)c(N)[nH]c(=O)c2C#N)cc1Br. The molecule has 0 aliphatic heterocycles. The number of hydrogen-bond acceptors (Lipinski definition) is 5. The van der Waals surface area contributed by atoms with Crippen LogP contribution in [0, 0.1) is 22.7 Å². The number of hydrogen-bond donors (Lipinski definition) is 2. The summed E-state index contributed by atoms with van der Waals surface area (Å²) in [4.78, 5) is 15.2. The van der Waals surface area contributed by atoms with Gasteiger partial charge in [-0.1, -0.05) is 6.07 Å². The predicted octanol–water partition coefficient (Wildman–Crippen LogP) is 2.85. The maximum atomic E-state index is 11.9. The molecule has 2 rings (SSSR count). The summed E-state index contributed by atoms with van der Waals surface area (Å²) in [5.41, 5.74) is 5.90. The second-order valence-corrected chi connectivity index (χ2v) is 5.77. The van der Waals surface area contributed by atoms with Crippen molar-refractivity contribution in [2.24, 2.45) is 0 Å². The average Bonchev–Trinajstić information content (AvgIpc) is 2.46. The number of H-pyrrole nitrogens is 1. The van der Waals surface area contributed by atoms with Gasteiger partial charge < -0.3 is 10.7 Å². The van der Waals surface area contributed by atoms with E-state index in [-0.39, 0.29) is 22.5 Å². The first-order valence-corrected chi connectivity index (χ1v) is 7.75. The van der Waals surface area contributed by atoms with Crippen LogP contribution in [0.4, 0.5) is 5.82 Å². The molecule has 0 fully saturated rings. The van der Waals surface area contributed by atoms with Crippen LogP contribution < -0.4 is 11.3 Å². The van der Waals surface area contributed by atoms with E-state index in [2.05, 4.69) is 20.9 Å². The Bertz CT molecular complexity index is 861. The largest absolute Gasteiger partial charge is 0.384 e. The number of nitrogens with one attached hydrogen (secondary N) is 1. The Morgan fingerprint density at radius 3 is 2.48 bits per heavy atom. The van der Waals surface area contributed by atoms with Crippen LogP contribution in [0.2, 0.25) is 0 Å². The summed E-state index contributed by atoms with van der Waals surface area (Å²) < 4.78 is 0.819. The Morgan fingerprint density at radius 2 is 1.95 bits per heavy atom. The molecule has 3 N–H and O–H groups in total. The minimum atomic E-state index is -0.603. The summed E-state index contributed by atoms with van der Waals surface area (Å²) >= 11 is 4.99. The van der Waals surface area contributed by atoms with Crippen LogP contribution in [-0.2, 0) is 0 Å². The molecule has 0 spiro atoms. The molecular weight excluding hydrogens is 352 g/mol. The number of anilines is 1. The van der Waals surface area contributed by atoms with Gasteiger partial charge in [0.1, 0.15) is 29.1 Å². The molecule has 0 amide bonds. The summed E-state index contributed by atoms with van der Waals surface area (Å²) in [7, 11) is 0. The first-order valence-electron chi connectivity index (χ1n) is 5.73. The molecule has 0 saturated carbocycles. The zero-order valence-corrected chi connectivity index (χ0v) is 13.3. The number of aromatic amines is 1. The van der Waals surface area contributed by atoms with Gasteiger partial charge in [0.2, 0.25) is 0 Å². The zero-order chi connectivity index (χ0) is 15.6. The lowest BCUT2D eigenvalue weighted by Gasteiger charge is -2.10. The molecule has 0 aliphatic rings. The van der Waals surface area contributed by atoms with E-state index >= 15 is 0 Å². The predicted molar refractivity (Wildman–Crippen MR) is 85.8 cm³/mol. The molecule has 21 heavy (non-hydrogen) atoms. The highest BCUT2D eigenvalue weighted by molar-refractivity contribution is 9.10. The first-order chi connectivity index (χ1) is 10.0. The number of halogens is 1. The number of nitrogen functional groups attached to an aromatic ring is 1. The minimum absolute atomic E-state index is 0.0402. The third kappa shape index (κ3) is 2.66. The molecule has 0 aliphatic carbocycles.